The van der Waals surface area contributed by atoms with E-state index < -0.39 is 49.3 Å². The van der Waals surface area contributed by atoms with E-state index in [1.54, 1.807) is 6.92 Å². The van der Waals surface area contributed by atoms with Gasteiger partial charge in [0.2, 0.25) is 20.4 Å². The van der Waals surface area contributed by atoms with Crippen LogP contribution in [0.3, 0.4) is 0 Å². The normalized spacial score (nSPS) is 17.3. The van der Waals surface area contributed by atoms with Crippen molar-refractivity contribution in [2.45, 2.75) is 45.4 Å². The maximum Gasteiger partial charge on any atom is 0.475 e. The van der Waals surface area contributed by atoms with E-state index >= 15 is 0 Å². The monoisotopic (exact) mass is 662 g/mol. The van der Waals surface area contributed by atoms with Gasteiger partial charge in [0.25, 0.3) is 19.4 Å². The van der Waals surface area contributed by atoms with Gasteiger partial charge in [-0.15, -0.1) is 0 Å². The summed E-state index contributed by atoms with van der Waals surface area (Å²) < 4.78 is 81.8. The van der Waals surface area contributed by atoms with E-state index in [9.17, 15) is 42.8 Å². The molecule has 0 aromatic carbocycles. The molecule has 0 bridgehead atoms. The molecule has 0 spiro atoms. The summed E-state index contributed by atoms with van der Waals surface area (Å²) in [4.78, 5) is 59.3. The van der Waals surface area contributed by atoms with Crippen LogP contribution >= 0.6 is 23.5 Å². The van der Waals surface area contributed by atoms with Gasteiger partial charge in [0, 0.05) is 6.61 Å². The first kappa shape index (κ1) is 39.7. The summed E-state index contributed by atoms with van der Waals surface area (Å²) in [5, 5.41) is 0. The maximum atomic E-state index is 11.9. The molecule has 0 radical (unpaired) electrons. The van der Waals surface area contributed by atoms with Crippen LogP contribution in [-0.2, 0) is 74.2 Å². The van der Waals surface area contributed by atoms with Crippen LogP contribution in [0.15, 0.2) is 0 Å². The Kier molecular flexibility index (Phi) is 21.6. The maximum absolute atomic E-state index is 11.9. The molecule has 19 nitrogen and oxygen atoms in total. The SMILES string of the molecule is CCOCC(CCCOP(=O)(O)OCOC=O)(CCCOP(=O)(O)OCOC=O)CCCOP(=O)(O)OCOC=O. The van der Waals surface area contributed by atoms with Gasteiger partial charge >= 0.3 is 23.5 Å². The number of hydrogen-bond donors (Lipinski definition) is 3. The van der Waals surface area contributed by atoms with Gasteiger partial charge in [0.1, 0.15) is 0 Å². The van der Waals surface area contributed by atoms with E-state index in [1.165, 1.54) is 0 Å². The van der Waals surface area contributed by atoms with Gasteiger partial charge in [-0.2, -0.15) is 0 Å². The molecular weight excluding hydrogens is 625 g/mol. The van der Waals surface area contributed by atoms with Gasteiger partial charge in [0.05, 0.1) is 26.4 Å². The number of ether oxygens (including phenoxy) is 4. The molecule has 242 valence electrons. The molecule has 22 heteroatoms. The Hall–Kier alpha value is -1.30. The van der Waals surface area contributed by atoms with Crippen LogP contribution in [0.25, 0.3) is 0 Å². The standard InChI is InChI=1S/C19H37O19P3/c1-2-29-12-19(6-3-9-33-39(23,24)36-16-30-13-20,7-4-10-34-40(25,26)37-17-31-14-21)8-5-11-35-41(27,28)38-18-32-15-22/h13-15H,2-12,16-18H2,1H3,(H,23,24)(H,25,26)(H,27,28). The summed E-state index contributed by atoms with van der Waals surface area (Å²) >= 11 is 0. The lowest BCUT2D eigenvalue weighted by Crippen LogP contribution is -2.29. The first-order valence-electron chi connectivity index (χ1n) is 12.0. The fourth-order valence-corrected chi connectivity index (χ4v) is 5.16. The van der Waals surface area contributed by atoms with E-state index in [0.717, 1.165) is 0 Å². The molecule has 0 saturated carbocycles. The van der Waals surface area contributed by atoms with Crippen molar-refractivity contribution >= 4 is 42.9 Å². The minimum Gasteiger partial charge on any atom is -0.440 e. The van der Waals surface area contributed by atoms with E-state index in [-0.39, 0.29) is 65.1 Å². The van der Waals surface area contributed by atoms with Crippen molar-refractivity contribution in [3.8, 4) is 0 Å². The lowest BCUT2D eigenvalue weighted by atomic mass is 9.76. The van der Waals surface area contributed by atoms with Gasteiger partial charge in [-0.3, -0.25) is 28.0 Å². The van der Waals surface area contributed by atoms with Crippen LogP contribution in [0.1, 0.15) is 45.4 Å². The molecule has 0 aliphatic heterocycles. The molecule has 0 aliphatic rings. The Morgan fingerprint density at radius 3 is 1.17 bits per heavy atom. The molecule has 0 rings (SSSR count). The molecule has 0 aliphatic carbocycles. The summed E-state index contributed by atoms with van der Waals surface area (Å²) in [6.45, 7) is -0.790. The molecule has 3 atom stereocenters. The highest BCUT2D eigenvalue weighted by atomic mass is 31.2. The summed E-state index contributed by atoms with van der Waals surface area (Å²) in [6.07, 6.45) is 1.56. The summed E-state index contributed by atoms with van der Waals surface area (Å²) in [5.74, 6) is 0. The van der Waals surface area contributed by atoms with Crippen molar-refractivity contribution < 1.29 is 88.8 Å². The van der Waals surface area contributed by atoms with Crippen molar-refractivity contribution in [1.29, 1.82) is 0 Å². The minimum atomic E-state index is -4.50. The zero-order valence-electron chi connectivity index (χ0n) is 22.3. The quantitative estimate of drug-likeness (QED) is 0.0327. The van der Waals surface area contributed by atoms with E-state index in [1.807, 2.05) is 0 Å². The fraction of sp³-hybridized carbons (Fsp3) is 0.842. The highest BCUT2D eigenvalue weighted by Crippen LogP contribution is 2.46. The Morgan fingerprint density at radius 1 is 0.585 bits per heavy atom. The first-order valence-corrected chi connectivity index (χ1v) is 16.4. The zero-order chi connectivity index (χ0) is 31.1. The summed E-state index contributed by atoms with van der Waals surface area (Å²) in [7, 11) is -13.5. The topological polar surface area (TPSA) is 255 Å². The Balaban J connectivity index is 5.24. The van der Waals surface area contributed by atoms with Crippen molar-refractivity contribution in [1.82, 2.24) is 0 Å². The average Bonchev–Trinajstić information content (AvgIpc) is 2.90. The molecule has 0 aromatic rings. The Morgan fingerprint density at radius 2 is 0.902 bits per heavy atom. The van der Waals surface area contributed by atoms with Gasteiger partial charge in [-0.25, -0.2) is 27.3 Å². The molecular formula is C19H37O19P3. The molecule has 0 amide bonds. The second-order valence-electron chi connectivity index (χ2n) is 7.88. The largest absolute Gasteiger partial charge is 0.475 e. The van der Waals surface area contributed by atoms with E-state index in [0.29, 0.717) is 25.9 Å². The number of carbonyl (C=O) groups excluding carboxylic acids is 3. The smallest absolute Gasteiger partial charge is 0.440 e. The third-order valence-corrected chi connectivity index (χ3v) is 7.81. The lowest BCUT2D eigenvalue weighted by Gasteiger charge is -2.34. The lowest BCUT2D eigenvalue weighted by molar-refractivity contribution is -0.136. The predicted molar refractivity (Wildman–Crippen MR) is 133 cm³/mol. The number of rotatable bonds is 30. The molecule has 3 N–H and O–H groups in total. The number of hydrogen-bond acceptors (Lipinski definition) is 16. The van der Waals surface area contributed by atoms with Crippen molar-refractivity contribution in [3.63, 3.8) is 0 Å². The second kappa shape index (κ2) is 22.3. The van der Waals surface area contributed by atoms with Crippen molar-refractivity contribution in [3.05, 3.63) is 0 Å². The van der Waals surface area contributed by atoms with Gasteiger partial charge < -0.3 is 33.6 Å². The van der Waals surface area contributed by atoms with Crippen molar-refractivity contribution in [2.24, 2.45) is 5.41 Å². The van der Waals surface area contributed by atoms with Crippen LogP contribution in [0.5, 0.6) is 0 Å². The second-order valence-corrected chi connectivity index (χ2v) is 12.2. The Bertz CT molecular complexity index is 768. The number of carbonyl (C=O) groups is 3. The van der Waals surface area contributed by atoms with Crippen LogP contribution < -0.4 is 0 Å². The van der Waals surface area contributed by atoms with Crippen LogP contribution in [0.4, 0.5) is 0 Å². The summed E-state index contributed by atoms with van der Waals surface area (Å²) in [5.41, 5.74) is -0.700. The molecule has 0 aromatic heterocycles. The average molecular weight is 662 g/mol. The van der Waals surface area contributed by atoms with Crippen LogP contribution in [0, 0.1) is 5.41 Å². The minimum absolute atomic E-state index is 0.0249. The highest BCUT2D eigenvalue weighted by Gasteiger charge is 2.32. The van der Waals surface area contributed by atoms with Crippen molar-refractivity contribution in [2.75, 3.05) is 53.4 Å². The number of phosphoric ester groups is 3. The number of phosphoric acid groups is 3. The first-order chi connectivity index (χ1) is 19.4. The summed E-state index contributed by atoms with van der Waals surface area (Å²) in [6, 6.07) is 0. The molecule has 0 fully saturated rings. The third kappa shape index (κ3) is 22.0. The third-order valence-electron chi connectivity index (χ3n) is 4.99. The van der Waals surface area contributed by atoms with Crippen LogP contribution in [0.2, 0.25) is 0 Å². The molecule has 41 heavy (non-hydrogen) atoms. The molecule has 0 saturated heterocycles. The zero-order valence-corrected chi connectivity index (χ0v) is 25.0. The van der Waals surface area contributed by atoms with Crippen LogP contribution in [-0.4, -0.2) is 87.5 Å². The van der Waals surface area contributed by atoms with Gasteiger partial charge in [-0.05, 0) is 50.9 Å². The molecule has 3 unspecified atom stereocenters. The fourth-order valence-electron chi connectivity index (χ4n) is 3.28. The predicted octanol–water partition coefficient (Wildman–Crippen LogP) is 2.14. The molecule has 0 heterocycles. The highest BCUT2D eigenvalue weighted by molar-refractivity contribution is 7.47. The van der Waals surface area contributed by atoms with E-state index in [4.69, 9.17) is 18.3 Å². The Labute approximate surface area is 236 Å². The van der Waals surface area contributed by atoms with E-state index in [2.05, 4.69) is 27.8 Å². The van der Waals surface area contributed by atoms with Gasteiger partial charge in [0.15, 0.2) is 0 Å². The van der Waals surface area contributed by atoms with Gasteiger partial charge in [-0.1, -0.05) is 0 Å².